The first-order chi connectivity index (χ1) is 25.6. The Hall–Kier alpha value is -3.49. The molecular weight excluding hydrogens is 666 g/mol. The highest BCUT2D eigenvalue weighted by atomic mass is 16.6. The van der Waals surface area contributed by atoms with Gasteiger partial charge in [0.25, 0.3) is 0 Å². The van der Waals surface area contributed by atoms with E-state index in [9.17, 15) is 19.5 Å². The van der Waals surface area contributed by atoms with Crippen molar-refractivity contribution >= 4 is 17.9 Å². The number of carboxylic acid groups (broad SMARTS) is 1. The zero-order valence-corrected chi connectivity index (χ0v) is 33.9. The summed E-state index contributed by atoms with van der Waals surface area (Å²) in [6.45, 7) is 4.50. The van der Waals surface area contributed by atoms with Gasteiger partial charge in [0.15, 0.2) is 12.1 Å². The van der Waals surface area contributed by atoms with E-state index in [1.54, 1.807) is 0 Å². The van der Waals surface area contributed by atoms with Gasteiger partial charge in [-0.2, -0.15) is 0 Å². The zero-order chi connectivity index (χ0) is 39.3. The van der Waals surface area contributed by atoms with Crippen molar-refractivity contribution < 1.29 is 38.2 Å². The van der Waals surface area contributed by atoms with Gasteiger partial charge in [0.1, 0.15) is 6.61 Å². The number of quaternary nitrogens is 1. The van der Waals surface area contributed by atoms with Crippen molar-refractivity contribution in [1.29, 1.82) is 0 Å². The van der Waals surface area contributed by atoms with Crippen molar-refractivity contribution in [1.82, 2.24) is 0 Å². The van der Waals surface area contributed by atoms with E-state index in [2.05, 4.69) is 26.0 Å². The standard InChI is InChI=1S/C45H73NO7/c1-6-8-10-12-14-16-18-19-20-21-22-23-24-25-26-28-30-32-34-36-44(48)53-41(39-51-38-37-42(45(49)50)46(3,4)5)40-52-43(47)35-33-31-29-27-17-15-13-11-9-7-2/h8,10,12,14,16,18-26,41-42H,6-7,9,11,13,15,17,27-40H2,1-5H3/p+1/b10-8+,14-12+,18-16+,20-19+,22-21+,24-23+,26-25+. The number of rotatable bonds is 34. The van der Waals surface area contributed by atoms with Crippen molar-refractivity contribution in [2.45, 2.75) is 142 Å². The fraction of sp³-hybridized carbons (Fsp3) is 0.622. The number of carbonyl (C=O) groups excluding carboxylic acids is 2. The van der Waals surface area contributed by atoms with E-state index >= 15 is 0 Å². The molecule has 0 saturated heterocycles. The summed E-state index contributed by atoms with van der Waals surface area (Å²) in [4.78, 5) is 36.8. The molecule has 8 nitrogen and oxygen atoms in total. The smallest absolute Gasteiger partial charge is 0.362 e. The molecule has 0 radical (unpaired) electrons. The number of allylic oxidation sites excluding steroid dienone is 14. The highest BCUT2D eigenvalue weighted by Gasteiger charge is 2.31. The molecule has 2 unspecified atom stereocenters. The van der Waals surface area contributed by atoms with Gasteiger partial charge < -0.3 is 23.8 Å². The van der Waals surface area contributed by atoms with Crippen LogP contribution >= 0.6 is 0 Å². The predicted octanol–water partition coefficient (Wildman–Crippen LogP) is 10.6. The Balaban J connectivity index is 4.53. The average Bonchev–Trinajstić information content (AvgIpc) is 3.11. The molecule has 2 atom stereocenters. The van der Waals surface area contributed by atoms with Gasteiger partial charge in [-0.15, -0.1) is 0 Å². The first-order valence-corrected chi connectivity index (χ1v) is 20.2. The lowest BCUT2D eigenvalue weighted by atomic mass is 10.1. The van der Waals surface area contributed by atoms with Crippen LogP contribution in [0.5, 0.6) is 0 Å². The Morgan fingerprint density at radius 2 is 1.06 bits per heavy atom. The van der Waals surface area contributed by atoms with Crippen LogP contribution in [0, 0.1) is 0 Å². The molecule has 0 rings (SSSR count). The van der Waals surface area contributed by atoms with Crippen LogP contribution in [-0.4, -0.2) is 80.6 Å². The molecule has 0 amide bonds. The number of hydrogen-bond acceptors (Lipinski definition) is 6. The second-order valence-electron chi connectivity index (χ2n) is 14.3. The molecule has 1 N–H and O–H groups in total. The molecule has 0 aromatic rings. The maximum absolute atomic E-state index is 12.7. The quantitative estimate of drug-likeness (QED) is 0.0303. The molecule has 0 fully saturated rings. The predicted molar refractivity (Wildman–Crippen MR) is 220 cm³/mol. The molecule has 0 aliphatic rings. The molecule has 0 bridgehead atoms. The number of hydrogen-bond donors (Lipinski definition) is 1. The second-order valence-corrected chi connectivity index (χ2v) is 14.3. The number of carboxylic acids is 1. The van der Waals surface area contributed by atoms with Crippen LogP contribution in [-0.2, 0) is 28.6 Å². The van der Waals surface area contributed by atoms with Crippen molar-refractivity contribution in [3.63, 3.8) is 0 Å². The lowest BCUT2D eigenvalue weighted by Gasteiger charge is -2.31. The number of carbonyl (C=O) groups is 3. The van der Waals surface area contributed by atoms with Gasteiger partial charge in [-0.1, -0.05) is 163 Å². The minimum absolute atomic E-state index is 0.0381. The fourth-order valence-electron chi connectivity index (χ4n) is 5.37. The molecule has 0 aliphatic heterocycles. The maximum atomic E-state index is 12.7. The van der Waals surface area contributed by atoms with Crippen LogP contribution in [0.15, 0.2) is 85.1 Å². The molecule has 0 spiro atoms. The van der Waals surface area contributed by atoms with Crippen molar-refractivity contribution in [3.8, 4) is 0 Å². The molecule has 0 aromatic heterocycles. The van der Waals surface area contributed by atoms with Crippen LogP contribution in [0.25, 0.3) is 0 Å². The van der Waals surface area contributed by atoms with E-state index in [1.165, 1.54) is 44.9 Å². The highest BCUT2D eigenvalue weighted by Crippen LogP contribution is 2.13. The van der Waals surface area contributed by atoms with Crippen LogP contribution < -0.4 is 0 Å². The SMILES string of the molecule is CC/C=C/C=C/C=C/C=C/C=C/C=C/C=C/CCCCCC(=O)OC(COCCC(C(=O)O)[N+](C)(C)C)COC(=O)CCCCCCCCCCCC. The number of likely N-dealkylation sites (N-methyl/N-ethyl adjacent to an activating group) is 1. The van der Waals surface area contributed by atoms with Crippen LogP contribution in [0.4, 0.5) is 0 Å². The molecule has 0 saturated carbocycles. The average molecular weight is 741 g/mol. The Kier molecular flexibility index (Phi) is 33.2. The van der Waals surface area contributed by atoms with Gasteiger partial charge in [0.05, 0.1) is 34.4 Å². The lowest BCUT2D eigenvalue weighted by molar-refractivity contribution is -0.887. The largest absolute Gasteiger partial charge is 0.477 e. The number of ether oxygens (including phenoxy) is 3. The molecule has 53 heavy (non-hydrogen) atoms. The Morgan fingerprint density at radius 3 is 1.57 bits per heavy atom. The summed E-state index contributed by atoms with van der Waals surface area (Å²) in [6, 6.07) is -0.626. The zero-order valence-electron chi connectivity index (χ0n) is 33.9. The van der Waals surface area contributed by atoms with Gasteiger partial charge >= 0.3 is 17.9 Å². The Labute approximate surface area is 323 Å². The molecular formula is C45H74NO7+. The number of nitrogens with zero attached hydrogens (tertiary/aromatic N) is 1. The monoisotopic (exact) mass is 741 g/mol. The molecule has 300 valence electrons. The van der Waals surface area contributed by atoms with Gasteiger partial charge in [-0.3, -0.25) is 9.59 Å². The van der Waals surface area contributed by atoms with Crippen molar-refractivity contribution in [2.24, 2.45) is 0 Å². The second kappa shape index (κ2) is 35.5. The molecule has 8 heteroatoms. The van der Waals surface area contributed by atoms with Gasteiger partial charge in [0, 0.05) is 19.3 Å². The maximum Gasteiger partial charge on any atom is 0.362 e. The number of aliphatic carboxylic acids is 1. The van der Waals surface area contributed by atoms with E-state index in [0.29, 0.717) is 19.3 Å². The third-order valence-corrected chi connectivity index (χ3v) is 8.50. The highest BCUT2D eigenvalue weighted by molar-refractivity contribution is 5.72. The number of unbranched alkanes of at least 4 members (excludes halogenated alkanes) is 12. The third kappa shape index (κ3) is 34.1. The van der Waals surface area contributed by atoms with Crippen LogP contribution in [0.2, 0.25) is 0 Å². The first-order valence-electron chi connectivity index (χ1n) is 20.2. The molecule has 0 aliphatic carbocycles. The summed E-state index contributed by atoms with van der Waals surface area (Å²) in [6.07, 6.45) is 44.8. The minimum atomic E-state index is -0.888. The topological polar surface area (TPSA) is 99.1 Å². The number of esters is 2. The lowest BCUT2D eigenvalue weighted by Crippen LogP contribution is -2.50. The summed E-state index contributed by atoms with van der Waals surface area (Å²) < 4.78 is 17.2. The molecule has 0 heterocycles. The van der Waals surface area contributed by atoms with E-state index in [4.69, 9.17) is 14.2 Å². The minimum Gasteiger partial charge on any atom is -0.477 e. The normalized spacial score (nSPS) is 13.9. The Morgan fingerprint density at radius 1 is 0.585 bits per heavy atom. The van der Waals surface area contributed by atoms with Crippen molar-refractivity contribution in [2.75, 3.05) is 41.0 Å². The van der Waals surface area contributed by atoms with Crippen molar-refractivity contribution in [3.05, 3.63) is 85.1 Å². The van der Waals surface area contributed by atoms with Crippen LogP contribution in [0.3, 0.4) is 0 Å². The summed E-state index contributed by atoms with van der Waals surface area (Å²) in [7, 11) is 5.49. The molecule has 0 aromatic carbocycles. The van der Waals surface area contributed by atoms with E-state index in [0.717, 1.165) is 44.9 Å². The van der Waals surface area contributed by atoms with E-state index in [-0.39, 0.29) is 42.7 Å². The summed E-state index contributed by atoms with van der Waals surface area (Å²) in [5.74, 6) is -1.54. The Bertz CT molecular complexity index is 1140. The van der Waals surface area contributed by atoms with Crippen LogP contribution in [0.1, 0.15) is 129 Å². The van der Waals surface area contributed by atoms with Gasteiger partial charge in [-0.25, -0.2) is 4.79 Å². The third-order valence-electron chi connectivity index (χ3n) is 8.50. The van der Waals surface area contributed by atoms with E-state index in [1.807, 2.05) is 94.1 Å². The summed E-state index contributed by atoms with van der Waals surface area (Å²) in [5, 5.41) is 9.59. The summed E-state index contributed by atoms with van der Waals surface area (Å²) in [5.41, 5.74) is 0. The summed E-state index contributed by atoms with van der Waals surface area (Å²) >= 11 is 0. The van der Waals surface area contributed by atoms with Gasteiger partial charge in [0.2, 0.25) is 0 Å². The van der Waals surface area contributed by atoms with E-state index < -0.39 is 18.1 Å². The fourth-order valence-corrected chi connectivity index (χ4v) is 5.37. The van der Waals surface area contributed by atoms with Gasteiger partial charge in [-0.05, 0) is 32.1 Å². The first kappa shape index (κ1) is 49.5.